The van der Waals surface area contributed by atoms with Gasteiger partial charge in [0.2, 0.25) is 0 Å². The number of unbranched alkanes of at least 4 members (excludes halogenated alkanes) is 2. The Kier molecular flexibility index (Phi) is 9.78. The van der Waals surface area contributed by atoms with Gasteiger partial charge in [0, 0.05) is 32.6 Å². The molecule has 4 aromatic rings. The summed E-state index contributed by atoms with van der Waals surface area (Å²) < 4.78 is 12.8. The van der Waals surface area contributed by atoms with Crippen molar-refractivity contribution in [3.8, 4) is 11.5 Å². The summed E-state index contributed by atoms with van der Waals surface area (Å²) in [7, 11) is 0. The van der Waals surface area contributed by atoms with E-state index in [1.165, 1.54) is 5.56 Å². The lowest BCUT2D eigenvalue weighted by atomic mass is 9.85. The van der Waals surface area contributed by atoms with Crippen LogP contribution in [0.2, 0.25) is 5.02 Å². The van der Waals surface area contributed by atoms with Crippen molar-refractivity contribution in [3.05, 3.63) is 93.0 Å². The number of carbonyl (C=O) groups excluding carboxylic acids is 1. The molecule has 2 heterocycles. The van der Waals surface area contributed by atoms with Gasteiger partial charge in [-0.2, -0.15) is 0 Å². The summed E-state index contributed by atoms with van der Waals surface area (Å²) in [5.41, 5.74) is 3.35. The largest absolute Gasteiger partial charge is 0.493 e. The topological polar surface area (TPSA) is 95.0 Å². The van der Waals surface area contributed by atoms with E-state index in [-0.39, 0.29) is 19.8 Å². The molecule has 0 radical (unpaired) electrons. The summed E-state index contributed by atoms with van der Waals surface area (Å²) in [6.45, 7) is 2.54. The lowest BCUT2D eigenvalue weighted by Gasteiger charge is -2.35. The molecule has 0 fully saturated rings. The van der Waals surface area contributed by atoms with Crippen molar-refractivity contribution in [2.45, 2.75) is 45.1 Å². The van der Waals surface area contributed by atoms with Crippen molar-refractivity contribution in [1.29, 1.82) is 0 Å². The Morgan fingerprint density at radius 2 is 1.76 bits per heavy atom. The zero-order valence-corrected chi connectivity index (χ0v) is 26.0. The van der Waals surface area contributed by atoms with E-state index in [1.54, 1.807) is 29.2 Å². The van der Waals surface area contributed by atoms with Crippen LogP contribution in [0.25, 0.3) is 10.9 Å². The van der Waals surface area contributed by atoms with E-state index in [2.05, 4.69) is 33.9 Å². The van der Waals surface area contributed by atoms with Gasteiger partial charge in [-0.05, 0) is 78.6 Å². The van der Waals surface area contributed by atoms with E-state index in [1.807, 2.05) is 36.4 Å². The molecule has 42 heavy (non-hydrogen) atoms. The number of nitrogens with zero attached hydrogens (tertiary/aromatic N) is 1. The Labute approximate surface area is 259 Å². The van der Waals surface area contributed by atoms with Crippen molar-refractivity contribution in [3.63, 3.8) is 0 Å². The van der Waals surface area contributed by atoms with Gasteiger partial charge in [0.25, 0.3) is 0 Å². The van der Waals surface area contributed by atoms with Gasteiger partial charge in [-0.3, -0.25) is 4.90 Å². The number of hydrogen-bond acceptors (Lipinski definition) is 5. The maximum atomic E-state index is 13.5. The Bertz CT molecular complexity index is 1500. The molecule has 3 aromatic carbocycles. The monoisotopic (exact) mass is 654 g/mol. The number of fused-ring (bicyclic) bond motifs is 3. The molecule has 3 N–H and O–H groups in total. The van der Waals surface area contributed by atoms with Gasteiger partial charge in [0.1, 0.15) is 17.5 Å². The quantitative estimate of drug-likeness (QED) is 0.144. The van der Waals surface area contributed by atoms with Crippen LogP contribution >= 0.6 is 27.5 Å². The fourth-order valence-electron chi connectivity index (χ4n) is 5.57. The number of amides is 1. The summed E-state index contributed by atoms with van der Waals surface area (Å²) >= 11 is 9.61. The second-order valence-corrected chi connectivity index (χ2v) is 12.4. The van der Waals surface area contributed by atoms with Gasteiger partial charge < -0.3 is 24.7 Å². The molecule has 0 aliphatic carbocycles. The normalized spacial score (nSPS) is 15.1. The third kappa shape index (κ3) is 6.62. The fraction of sp³-hybridized carbons (Fsp3) is 0.364. The summed E-state index contributed by atoms with van der Waals surface area (Å²) in [5.74, 6) is 1.06. The highest BCUT2D eigenvalue weighted by Gasteiger charge is 2.36. The van der Waals surface area contributed by atoms with E-state index in [9.17, 15) is 15.0 Å². The second kappa shape index (κ2) is 13.5. The number of aromatic amines is 1. The minimum absolute atomic E-state index is 0.142. The molecule has 1 aliphatic heterocycles. The highest BCUT2D eigenvalue weighted by Crippen LogP contribution is 2.40. The molecule has 0 spiro atoms. The molecule has 9 heteroatoms. The third-order valence-electron chi connectivity index (χ3n) is 8.06. The average molecular weight is 656 g/mol. The van der Waals surface area contributed by atoms with E-state index in [0.29, 0.717) is 35.9 Å². The summed E-state index contributed by atoms with van der Waals surface area (Å²) in [5, 5.41) is 21.8. The molecule has 0 bridgehead atoms. The highest BCUT2D eigenvalue weighted by molar-refractivity contribution is 9.10. The van der Waals surface area contributed by atoms with Gasteiger partial charge >= 0.3 is 6.09 Å². The SMILES string of the molecule is CCCCCC(CO)(CO)COc1ccc(C2c3[nH]c4ccc(Br)cc4c3CCN2C(=O)Oc2ccc(Cl)cc2)cc1. The Balaban J connectivity index is 1.42. The molecule has 7 nitrogen and oxygen atoms in total. The first kappa shape index (κ1) is 30.4. The molecular weight excluding hydrogens is 620 g/mol. The molecule has 5 rings (SSSR count). The number of carbonyl (C=O) groups is 1. The fourth-order valence-corrected chi connectivity index (χ4v) is 6.06. The van der Waals surface area contributed by atoms with E-state index in [0.717, 1.165) is 45.9 Å². The van der Waals surface area contributed by atoms with Crippen molar-refractivity contribution in [2.24, 2.45) is 5.41 Å². The zero-order chi connectivity index (χ0) is 29.7. The number of rotatable bonds is 11. The molecule has 1 unspecified atom stereocenters. The van der Waals surface area contributed by atoms with E-state index in [4.69, 9.17) is 21.1 Å². The average Bonchev–Trinajstić information content (AvgIpc) is 3.38. The minimum atomic E-state index is -0.688. The number of aliphatic hydroxyl groups is 2. The number of hydrogen-bond donors (Lipinski definition) is 3. The van der Waals surface area contributed by atoms with Crippen LogP contribution in [0.5, 0.6) is 11.5 Å². The van der Waals surface area contributed by atoms with Gasteiger partial charge in [-0.15, -0.1) is 0 Å². The Morgan fingerprint density at radius 1 is 1.05 bits per heavy atom. The summed E-state index contributed by atoms with van der Waals surface area (Å²) in [6.07, 6.45) is 3.96. The maximum absolute atomic E-state index is 13.5. The number of benzene rings is 3. The molecule has 222 valence electrons. The molecule has 0 saturated heterocycles. The highest BCUT2D eigenvalue weighted by atomic mass is 79.9. The van der Waals surface area contributed by atoms with Crippen LogP contribution in [0.4, 0.5) is 4.79 Å². The van der Waals surface area contributed by atoms with Crippen LogP contribution in [0.1, 0.15) is 55.5 Å². The van der Waals surface area contributed by atoms with E-state index >= 15 is 0 Å². The van der Waals surface area contributed by atoms with Crippen LogP contribution in [0.3, 0.4) is 0 Å². The molecular formula is C33H36BrClN2O5. The van der Waals surface area contributed by atoms with Crippen molar-refractivity contribution in [2.75, 3.05) is 26.4 Å². The molecule has 1 atom stereocenters. The minimum Gasteiger partial charge on any atom is -0.493 e. The number of aromatic nitrogens is 1. The summed E-state index contributed by atoms with van der Waals surface area (Å²) in [6, 6.07) is 20.1. The number of ether oxygens (including phenoxy) is 2. The van der Waals surface area contributed by atoms with Crippen molar-refractivity contribution in [1.82, 2.24) is 9.88 Å². The predicted molar refractivity (Wildman–Crippen MR) is 168 cm³/mol. The Morgan fingerprint density at radius 3 is 2.45 bits per heavy atom. The number of nitrogens with one attached hydrogen (secondary N) is 1. The number of halogens is 2. The predicted octanol–water partition coefficient (Wildman–Crippen LogP) is 7.66. The molecule has 1 aliphatic rings. The number of H-pyrrole nitrogens is 1. The molecule has 0 saturated carbocycles. The second-order valence-electron chi connectivity index (χ2n) is 11.0. The third-order valence-corrected chi connectivity index (χ3v) is 8.81. The smallest absolute Gasteiger partial charge is 0.416 e. The maximum Gasteiger partial charge on any atom is 0.416 e. The van der Waals surface area contributed by atoms with Crippen molar-refractivity contribution < 1.29 is 24.5 Å². The summed E-state index contributed by atoms with van der Waals surface area (Å²) in [4.78, 5) is 18.9. The van der Waals surface area contributed by atoms with Crippen LogP contribution in [-0.2, 0) is 6.42 Å². The van der Waals surface area contributed by atoms with Crippen molar-refractivity contribution >= 4 is 44.5 Å². The molecule has 1 amide bonds. The van der Waals surface area contributed by atoms with Crippen LogP contribution in [0, 0.1) is 5.41 Å². The van der Waals surface area contributed by atoms with Gasteiger partial charge in [0.05, 0.1) is 25.2 Å². The first-order chi connectivity index (χ1) is 20.4. The lowest BCUT2D eigenvalue weighted by Crippen LogP contribution is -2.42. The molecule has 1 aromatic heterocycles. The van der Waals surface area contributed by atoms with Crippen LogP contribution in [0.15, 0.2) is 71.2 Å². The lowest BCUT2D eigenvalue weighted by molar-refractivity contribution is 0.00599. The van der Waals surface area contributed by atoms with Gasteiger partial charge in [-0.1, -0.05) is 65.8 Å². The first-order valence-electron chi connectivity index (χ1n) is 14.3. The standard InChI is InChI=1S/C33H36BrClN2O5/c1-2-3-4-16-33(19-38,20-39)21-41-25-10-5-22(6-11-25)31-30-27(28-18-23(34)7-14-29(28)36-30)15-17-37(31)32(40)42-26-12-8-24(35)9-13-26/h5-14,18,31,36,38-39H,2-4,15-17,19-21H2,1H3. The Hall–Kier alpha value is -3.04. The zero-order valence-electron chi connectivity index (χ0n) is 23.6. The van der Waals surface area contributed by atoms with Gasteiger partial charge in [0.15, 0.2) is 0 Å². The number of aliphatic hydroxyl groups excluding tert-OH is 2. The van der Waals surface area contributed by atoms with Crippen LogP contribution < -0.4 is 9.47 Å². The van der Waals surface area contributed by atoms with E-state index < -0.39 is 17.6 Å². The van der Waals surface area contributed by atoms with Gasteiger partial charge in [-0.25, -0.2) is 4.79 Å². The first-order valence-corrected chi connectivity index (χ1v) is 15.5. The van der Waals surface area contributed by atoms with Crippen LogP contribution in [-0.4, -0.2) is 52.6 Å².